The van der Waals surface area contributed by atoms with Crippen LogP contribution in [0.1, 0.15) is 123 Å². The fourth-order valence-electron chi connectivity index (χ4n) is 4.98. The first-order valence-corrected chi connectivity index (χ1v) is 23.8. The molecule has 0 saturated heterocycles. The molecule has 13 heteroatoms. The molecule has 0 aromatic rings. The molecule has 2 unspecified atom stereocenters. The van der Waals surface area contributed by atoms with Crippen LogP contribution in [0.15, 0.2) is 134 Å². The maximum Gasteiger partial charge on any atom is 0.472 e. The molecule has 0 radical (unpaired) electrons. The lowest BCUT2D eigenvalue weighted by molar-refractivity contribution is -0.161. The van der Waals surface area contributed by atoms with E-state index in [0.717, 1.165) is 57.8 Å². The first-order chi connectivity index (χ1) is 30.5. The van der Waals surface area contributed by atoms with Crippen molar-refractivity contribution in [1.29, 1.82) is 0 Å². The Morgan fingerprint density at radius 3 is 1.57 bits per heavy atom. The number of phosphoric ester groups is 1. The molecule has 0 aromatic heterocycles. The molecule has 352 valence electrons. The number of phosphoric acid groups is 1. The van der Waals surface area contributed by atoms with Gasteiger partial charge in [0.25, 0.3) is 0 Å². The summed E-state index contributed by atoms with van der Waals surface area (Å²) < 4.78 is 32.4. The summed E-state index contributed by atoms with van der Waals surface area (Å²) in [6.07, 6.45) is 55.8. The summed E-state index contributed by atoms with van der Waals surface area (Å²) in [5.41, 5.74) is 5.32. The average molecular weight is 898 g/mol. The summed E-state index contributed by atoms with van der Waals surface area (Å²) in [4.78, 5) is 46.0. The number of aliphatic hydroxyl groups is 1. The van der Waals surface area contributed by atoms with Crippen LogP contribution in [0, 0.1) is 0 Å². The van der Waals surface area contributed by atoms with Crippen molar-refractivity contribution in [3.8, 4) is 0 Å². The normalized spacial score (nSPS) is 15.4. The van der Waals surface area contributed by atoms with Gasteiger partial charge in [0.2, 0.25) is 0 Å². The number of allylic oxidation sites excluding steroid dienone is 21. The van der Waals surface area contributed by atoms with Crippen molar-refractivity contribution in [2.24, 2.45) is 5.73 Å². The van der Waals surface area contributed by atoms with Gasteiger partial charge in [-0.25, -0.2) is 4.57 Å². The summed E-state index contributed by atoms with van der Waals surface area (Å²) in [5, 5.41) is 19.2. The predicted molar refractivity (Wildman–Crippen MR) is 255 cm³/mol. The summed E-state index contributed by atoms with van der Waals surface area (Å²) in [6, 6.07) is -1.57. The van der Waals surface area contributed by atoms with E-state index in [9.17, 15) is 28.9 Å². The van der Waals surface area contributed by atoms with Gasteiger partial charge >= 0.3 is 25.7 Å². The van der Waals surface area contributed by atoms with Crippen LogP contribution in [-0.2, 0) is 37.5 Å². The molecular weight excluding hydrogens is 822 g/mol. The Morgan fingerprint density at radius 2 is 1.06 bits per heavy atom. The molecule has 0 spiro atoms. The molecule has 5 N–H and O–H groups in total. The molecule has 4 atom stereocenters. The number of carbonyl (C=O) groups excluding carboxylic acids is 2. The molecule has 0 aliphatic rings. The summed E-state index contributed by atoms with van der Waals surface area (Å²) in [5.74, 6) is -2.81. The van der Waals surface area contributed by atoms with Crippen molar-refractivity contribution >= 4 is 25.7 Å². The largest absolute Gasteiger partial charge is 0.480 e. The van der Waals surface area contributed by atoms with Gasteiger partial charge in [0.05, 0.1) is 19.3 Å². The second kappa shape index (κ2) is 42.9. The monoisotopic (exact) mass is 898 g/mol. The Kier molecular flexibility index (Phi) is 39.9. The van der Waals surface area contributed by atoms with Crippen molar-refractivity contribution in [2.45, 2.75) is 141 Å². The van der Waals surface area contributed by atoms with Crippen molar-refractivity contribution in [3.63, 3.8) is 0 Å². The second-order valence-corrected chi connectivity index (χ2v) is 15.7. The molecule has 0 aromatic carbocycles. The van der Waals surface area contributed by atoms with Crippen LogP contribution in [0.2, 0.25) is 0 Å². The zero-order chi connectivity index (χ0) is 46.5. The lowest BCUT2D eigenvalue weighted by Gasteiger charge is -2.20. The van der Waals surface area contributed by atoms with E-state index in [4.69, 9.17) is 24.8 Å². The Labute approximate surface area is 377 Å². The summed E-state index contributed by atoms with van der Waals surface area (Å²) >= 11 is 0. The van der Waals surface area contributed by atoms with Gasteiger partial charge in [-0.1, -0.05) is 160 Å². The van der Waals surface area contributed by atoms with Crippen LogP contribution in [-0.4, -0.2) is 71.1 Å². The number of hydrogen-bond acceptors (Lipinski definition) is 10. The number of carboxylic acid groups (broad SMARTS) is 1. The maximum absolute atomic E-state index is 12.6. The molecule has 0 heterocycles. The molecule has 0 rings (SSSR count). The Morgan fingerprint density at radius 1 is 0.587 bits per heavy atom. The maximum atomic E-state index is 12.6. The third-order valence-corrected chi connectivity index (χ3v) is 9.46. The molecule has 12 nitrogen and oxygen atoms in total. The minimum absolute atomic E-state index is 0.0211. The first kappa shape index (κ1) is 58.6. The van der Waals surface area contributed by atoms with Gasteiger partial charge in [0.15, 0.2) is 6.10 Å². The Bertz CT molecular complexity index is 1590. The summed E-state index contributed by atoms with van der Waals surface area (Å²) in [7, 11) is -4.80. The Hall–Kier alpha value is -4.42. The van der Waals surface area contributed by atoms with E-state index in [1.807, 2.05) is 24.3 Å². The molecule has 0 amide bonds. The van der Waals surface area contributed by atoms with Crippen LogP contribution in [0.5, 0.6) is 0 Å². The highest BCUT2D eigenvalue weighted by atomic mass is 31.2. The van der Waals surface area contributed by atoms with Crippen LogP contribution >= 0.6 is 7.82 Å². The first-order valence-electron chi connectivity index (χ1n) is 22.3. The van der Waals surface area contributed by atoms with E-state index >= 15 is 0 Å². The molecule has 0 aliphatic heterocycles. The number of rotatable bonds is 39. The highest BCUT2D eigenvalue weighted by Crippen LogP contribution is 2.43. The molecule has 0 aliphatic carbocycles. The van der Waals surface area contributed by atoms with Crippen LogP contribution in [0.25, 0.3) is 0 Å². The van der Waals surface area contributed by atoms with Crippen LogP contribution < -0.4 is 5.73 Å². The van der Waals surface area contributed by atoms with E-state index in [1.165, 1.54) is 19.3 Å². The number of aliphatic carboxylic acids is 1. The van der Waals surface area contributed by atoms with Gasteiger partial charge in [-0.3, -0.25) is 23.4 Å². The van der Waals surface area contributed by atoms with Gasteiger partial charge in [0.1, 0.15) is 12.6 Å². The zero-order valence-electron chi connectivity index (χ0n) is 37.7. The number of ether oxygens (including phenoxy) is 2. The number of unbranched alkanes of at least 4 members (excludes halogenated alkanes) is 3. The van der Waals surface area contributed by atoms with Crippen molar-refractivity contribution in [2.75, 3.05) is 19.8 Å². The van der Waals surface area contributed by atoms with Crippen molar-refractivity contribution in [3.05, 3.63) is 134 Å². The quantitative estimate of drug-likeness (QED) is 0.0150. The molecule has 63 heavy (non-hydrogen) atoms. The van der Waals surface area contributed by atoms with E-state index in [1.54, 1.807) is 18.2 Å². The topological polar surface area (TPSA) is 192 Å². The lowest BCUT2D eigenvalue weighted by Crippen LogP contribution is -2.34. The van der Waals surface area contributed by atoms with Gasteiger partial charge in [-0.05, 0) is 83.5 Å². The van der Waals surface area contributed by atoms with Gasteiger partial charge in [-0.2, -0.15) is 0 Å². The fraction of sp³-hybridized carbons (Fsp3) is 0.500. The van der Waals surface area contributed by atoms with E-state index < -0.39 is 63.8 Å². The van der Waals surface area contributed by atoms with Crippen LogP contribution in [0.4, 0.5) is 0 Å². The van der Waals surface area contributed by atoms with Gasteiger partial charge in [-0.15, -0.1) is 0 Å². The highest BCUT2D eigenvalue weighted by molar-refractivity contribution is 7.47. The van der Waals surface area contributed by atoms with Gasteiger partial charge in [0, 0.05) is 12.8 Å². The predicted octanol–water partition coefficient (Wildman–Crippen LogP) is 11.1. The average Bonchev–Trinajstić information content (AvgIpc) is 3.26. The molecule has 0 fully saturated rings. The number of carboxylic acids is 1. The lowest BCUT2D eigenvalue weighted by atomic mass is 10.2. The van der Waals surface area contributed by atoms with Crippen molar-refractivity contribution in [1.82, 2.24) is 0 Å². The number of hydrogen-bond donors (Lipinski definition) is 4. The molecular formula is C50H76NO11P. The Balaban J connectivity index is 4.73. The van der Waals surface area contributed by atoms with Gasteiger partial charge < -0.3 is 30.3 Å². The van der Waals surface area contributed by atoms with E-state index in [2.05, 4.69) is 110 Å². The minimum Gasteiger partial charge on any atom is -0.480 e. The zero-order valence-corrected chi connectivity index (χ0v) is 38.6. The minimum atomic E-state index is -4.80. The number of esters is 2. The number of aliphatic hydroxyl groups excluding tert-OH is 1. The SMILES string of the molecule is CC/C=C\C/C=C\C/C=C\C/C=C\C/C=C\C=C/C(O)CCC(=O)OC[C@H](COP(=O)(O)OC[C@H](N)C(=O)O)OC(=O)CC/C=C\C/C=C\C/C=C\C/C=C\C/C=C\CCCCC. The third kappa shape index (κ3) is 42.6. The fourth-order valence-corrected chi connectivity index (χ4v) is 5.76. The second-order valence-electron chi connectivity index (χ2n) is 14.3. The van der Waals surface area contributed by atoms with Crippen LogP contribution in [0.3, 0.4) is 0 Å². The van der Waals surface area contributed by atoms with E-state index in [0.29, 0.717) is 12.8 Å². The van der Waals surface area contributed by atoms with Crippen molar-refractivity contribution < 1.29 is 52.6 Å². The third-order valence-electron chi connectivity index (χ3n) is 8.51. The van der Waals surface area contributed by atoms with E-state index in [-0.39, 0.29) is 19.3 Å². The molecule has 0 bridgehead atoms. The smallest absolute Gasteiger partial charge is 0.472 e. The summed E-state index contributed by atoms with van der Waals surface area (Å²) in [6.45, 7) is 2.31. The molecule has 0 saturated carbocycles. The standard InChI is InChI=1S/C50H76NO11P/c1-3-5-7-9-11-13-15-17-19-21-22-23-25-27-29-31-33-35-37-39-49(54)62-46(43-60-63(57,58)61-44-47(51)50(55)56)42-59-48(53)41-40-45(52)38-36-34-32-30-28-26-24-20-18-16-14-12-10-8-6-4-2/h6,8,11-14,17-20,22-23,26-29,32-36,38,45-47,52H,3-5,7,9-10,15-16,21,24-25,30-31,37,39-44,51H2,1-2H3,(H,55,56)(H,57,58)/b8-6-,13-11-,14-12-,19-17-,20-18-,23-22-,28-26-,29-27-,34-32-,35-33-,38-36-/t45?,46-,47+/m1/s1. The highest BCUT2D eigenvalue weighted by Gasteiger charge is 2.28. The number of carbonyl (C=O) groups is 3. The number of nitrogens with two attached hydrogens (primary N) is 1.